The molecule has 1 aromatic carbocycles. The van der Waals surface area contributed by atoms with E-state index in [1.165, 1.54) is 0 Å². The lowest BCUT2D eigenvalue weighted by Crippen LogP contribution is -2.42. The lowest BCUT2D eigenvalue weighted by Gasteiger charge is -2.27. The number of carboxylic acid groups (broad SMARTS) is 1. The minimum absolute atomic E-state index is 0.107. The van der Waals surface area contributed by atoms with E-state index in [0.29, 0.717) is 6.07 Å². The summed E-state index contributed by atoms with van der Waals surface area (Å²) in [4.78, 5) is 11.3. The van der Waals surface area contributed by atoms with Crippen LogP contribution >= 0.6 is 11.6 Å². The van der Waals surface area contributed by atoms with Crippen LogP contribution in [0.1, 0.15) is 37.9 Å². The molecule has 0 radical (unpaired) electrons. The Kier molecular flexibility index (Phi) is 4.80. The van der Waals surface area contributed by atoms with Crippen LogP contribution in [-0.2, 0) is 11.0 Å². The zero-order valence-corrected chi connectivity index (χ0v) is 12.4. The number of carboxylic acids is 1. The first-order valence-corrected chi connectivity index (χ1v) is 6.37. The first kappa shape index (κ1) is 17.6. The van der Waals surface area contributed by atoms with Crippen molar-refractivity contribution in [2.24, 2.45) is 0 Å². The summed E-state index contributed by atoms with van der Waals surface area (Å²) in [6, 6.07) is 0.506. The van der Waals surface area contributed by atoms with Crippen LogP contribution in [0, 0.1) is 0 Å². The second-order valence-electron chi connectivity index (χ2n) is 5.63. The maximum Gasteiger partial charge on any atom is 0.418 e. The van der Waals surface area contributed by atoms with E-state index in [1.54, 1.807) is 20.8 Å². The number of nitrogens with two attached hydrogens (primary N) is 1. The van der Waals surface area contributed by atoms with Crippen LogP contribution in [0.4, 0.5) is 18.9 Å². The molecule has 1 unspecified atom stereocenters. The van der Waals surface area contributed by atoms with Gasteiger partial charge in [0.2, 0.25) is 0 Å². The summed E-state index contributed by atoms with van der Waals surface area (Å²) >= 11 is 5.70. The molecule has 0 saturated heterocycles. The van der Waals surface area contributed by atoms with Gasteiger partial charge in [0.15, 0.2) is 0 Å². The molecule has 4 nitrogen and oxygen atoms in total. The van der Waals surface area contributed by atoms with Crippen molar-refractivity contribution in [2.45, 2.75) is 38.5 Å². The topological polar surface area (TPSA) is 75.3 Å². The van der Waals surface area contributed by atoms with Crippen molar-refractivity contribution >= 4 is 23.3 Å². The van der Waals surface area contributed by atoms with E-state index in [-0.39, 0.29) is 10.6 Å². The number of benzene rings is 1. The Morgan fingerprint density at radius 1 is 1.33 bits per heavy atom. The third-order valence-corrected chi connectivity index (χ3v) is 2.93. The number of nitrogen functional groups attached to an aromatic ring is 1. The Hall–Kier alpha value is -1.47. The quantitative estimate of drug-likeness (QED) is 0.744. The highest BCUT2D eigenvalue weighted by molar-refractivity contribution is 6.33. The van der Waals surface area contributed by atoms with E-state index in [4.69, 9.17) is 17.3 Å². The molecule has 1 rings (SSSR count). The zero-order valence-electron chi connectivity index (χ0n) is 11.7. The lowest BCUT2D eigenvalue weighted by atomic mass is 9.99. The molecule has 0 fully saturated rings. The number of halogens is 4. The number of rotatable bonds is 3. The van der Waals surface area contributed by atoms with Crippen molar-refractivity contribution in [3.05, 3.63) is 28.3 Å². The molecule has 1 atom stereocenters. The molecule has 4 N–H and O–H groups in total. The van der Waals surface area contributed by atoms with Gasteiger partial charge >= 0.3 is 12.1 Å². The third kappa shape index (κ3) is 4.50. The standard InChI is InChI=1S/C13H16ClF3N2O2/c1-12(2,3)19-10(11(20)21)6-4-7(13(15,16)17)9(18)8(14)5-6/h4-5,10,19H,18H2,1-3H3,(H,20,21). The van der Waals surface area contributed by atoms with E-state index in [0.717, 1.165) is 6.07 Å². The molecule has 0 aromatic heterocycles. The normalized spacial score (nSPS) is 14.0. The first-order valence-electron chi connectivity index (χ1n) is 5.99. The van der Waals surface area contributed by atoms with Crippen LogP contribution in [0.15, 0.2) is 12.1 Å². The molecule has 0 spiro atoms. The summed E-state index contributed by atoms with van der Waals surface area (Å²) in [5.74, 6) is -1.31. The summed E-state index contributed by atoms with van der Waals surface area (Å²) in [6.07, 6.45) is -4.71. The Labute approximate surface area is 125 Å². The summed E-state index contributed by atoms with van der Waals surface area (Å²) in [7, 11) is 0. The Balaban J connectivity index is 3.40. The Morgan fingerprint density at radius 2 is 1.86 bits per heavy atom. The zero-order chi connectivity index (χ0) is 16.6. The van der Waals surface area contributed by atoms with Gasteiger partial charge in [-0.05, 0) is 38.5 Å². The van der Waals surface area contributed by atoms with Gasteiger partial charge in [-0.2, -0.15) is 13.2 Å². The second kappa shape index (κ2) is 5.73. The average molecular weight is 325 g/mol. The molecule has 0 saturated carbocycles. The third-order valence-electron chi connectivity index (χ3n) is 2.61. The van der Waals surface area contributed by atoms with E-state index < -0.39 is 35.0 Å². The van der Waals surface area contributed by atoms with Gasteiger partial charge in [0.1, 0.15) is 6.04 Å². The molecule has 118 valence electrons. The van der Waals surface area contributed by atoms with Crippen molar-refractivity contribution in [3.63, 3.8) is 0 Å². The molecular weight excluding hydrogens is 309 g/mol. The largest absolute Gasteiger partial charge is 0.480 e. The number of alkyl halides is 3. The predicted molar refractivity (Wildman–Crippen MR) is 74.1 cm³/mol. The number of hydrogen-bond acceptors (Lipinski definition) is 3. The average Bonchev–Trinajstić information content (AvgIpc) is 2.26. The van der Waals surface area contributed by atoms with E-state index in [9.17, 15) is 23.1 Å². The van der Waals surface area contributed by atoms with Gasteiger partial charge < -0.3 is 10.8 Å². The van der Waals surface area contributed by atoms with Gasteiger partial charge in [0.25, 0.3) is 0 Å². The molecule has 0 aliphatic rings. The molecule has 0 heterocycles. The summed E-state index contributed by atoms with van der Waals surface area (Å²) < 4.78 is 38.7. The molecule has 0 aliphatic heterocycles. The highest BCUT2D eigenvalue weighted by Gasteiger charge is 2.36. The fourth-order valence-electron chi connectivity index (χ4n) is 1.76. The summed E-state index contributed by atoms with van der Waals surface area (Å²) in [6.45, 7) is 5.10. The van der Waals surface area contributed by atoms with E-state index in [2.05, 4.69) is 5.32 Å². The van der Waals surface area contributed by atoms with Crippen molar-refractivity contribution in [3.8, 4) is 0 Å². The van der Waals surface area contributed by atoms with Crippen molar-refractivity contribution in [1.82, 2.24) is 5.32 Å². The SMILES string of the molecule is CC(C)(C)NC(C(=O)O)c1cc(Cl)c(N)c(C(F)(F)F)c1. The van der Waals surface area contributed by atoms with Crippen molar-refractivity contribution < 1.29 is 23.1 Å². The highest BCUT2D eigenvalue weighted by Crippen LogP contribution is 2.39. The fourth-order valence-corrected chi connectivity index (χ4v) is 1.99. The fraction of sp³-hybridized carbons (Fsp3) is 0.462. The molecule has 0 aliphatic carbocycles. The van der Waals surface area contributed by atoms with Gasteiger partial charge in [-0.15, -0.1) is 0 Å². The molecule has 21 heavy (non-hydrogen) atoms. The first-order chi connectivity index (χ1) is 9.33. The van der Waals surface area contributed by atoms with Gasteiger partial charge in [-0.1, -0.05) is 11.6 Å². The maximum absolute atomic E-state index is 12.9. The van der Waals surface area contributed by atoms with Crippen LogP contribution in [0.25, 0.3) is 0 Å². The minimum atomic E-state index is -4.71. The van der Waals surface area contributed by atoms with Gasteiger partial charge in [-0.3, -0.25) is 10.1 Å². The minimum Gasteiger partial charge on any atom is -0.480 e. The highest BCUT2D eigenvalue weighted by atomic mass is 35.5. The van der Waals surface area contributed by atoms with E-state index >= 15 is 0 Å². The van der Waals surface area contributed by atoms with Gasteiger partial charge in [-0.25, -0.2) is 0 Å². The summed E-state index contributed by atoms with van der Waals surface area (Å²) in [5, 5.41) is 11.6. The van der Waals surface area contributed by atoms with Crippen LogP contribution < -0.4 is 11.1 Å². The smallest absolute Gasteiger partial charge is 0.418 e. The van der Waals surface area contributed by atoms with Crippen LogP contribution in [-0.4, -0.2) is 16.6 Å². The lowest BCUT2D eigenvalue weighted by molar-refractivity contribution is -0.141. The number of anilines is 1. The second-order valence-corrected chi connectivity index (χ2v) is 6.03. The molecule has 0 amide bonds. The Bertz CT molecular complexity index is 554. The van der Waals surface area contributed by atoms with Crippen molar-refractivity contribution in [2.75, 3.05) is 5.73 Å². The van der Waals surface area contributed by atoms with Crippen LogP contribution in [0.3, 0.4) is 0 Å². The molecule has 8 heteroatoms. The monoisotopic (exact) mass is 324 g/mol. The Morgan fingerprint density at radius 3 is 2.24 bits per heavy atom. The van der Waals surface area contributed by atoms with Gasteiger partial charge in [0.05, 0.1) is 16.3 Å². The molecular formula is C13H16ClF3N2O2. The van der Waals surface area contributed by atoms with Crippen LogP contribution in [0.2, 0.25) is 5.02 Å². The van der Waals surface area contributed by atoms with Crippen LogP contribution in [0.5, 0.6) is 0 Å². The van der Waals surface area contributed by atoms with Crippen molar-refractivity contribution in [1.29, 1.82) is 0 Å². The number of aliphatic carboxylic acids is 1. The molecule has 1 aromatic rings. The number of nitrogens with one attached hydrogen (secondary N) is 1. The number of carbonyl (C=O) groups is 1. The van der Waals surface area contributed by atoms with Gasteiger partial charge in [0, 0.05) is 5.54 Å². The number of hydrogen-bond donors (Lipinski definition) is 3. The maximum atomic E-state index is 12.9. The summed E-state index contributed by atoms with van der Waals surface area (Å²) in [5.41, 5.74) is 2.83. The molecule has 0 bridgehead atoms. The predicted octanol–water partition coefficient (Wildman–Crippen LogP) is 3.45. The van der Waals surface area contributed by atoms with E-state index in [1.807, 2.05) is 0 Å².